The Labute approximate surface area is 159 Å². The van der Waals surface area contributed by atoms with Gasteiger partial charge in [0.05, 0.1) is 17.0 Å². The summed E-state index contributed by atoms with van der Waals surface area (Å²) < 4.78 is 5.36. The lowest BCUT2D eigenvalue weighted by atomic mass is 9.95. The molecule has 2 saturated heterocycles. The Hall–Kier alpha value is -2.65. The van der Waals surface area contributed by atoms with Gasteiger partial charge in [0, 0.05) is 37.7 Å². The summed E-state index contributed by atoms with van der Waals surface area (Å²) in [5, 5.41) is 13.7. The van der Waals surface area contributed by atoms with E-state index in [2.05, 4.69) is 16.3 Å². The minimum Gasteiger partial charge on any atom is -0.381 e. The van der Waals surface area contributed by atoms with E-state index in [9.17, 15) is 10.1 Å². The molecule has 2 aromatic rings. The largest absolute Gasteiger partial charge is 0.381 e. The lowest BCUT2D eigenvalue weighted by molar-refractivity contribution is -0.126. The van der Waals surface area contributed by atoms with Crippen LogP contribution in [0.25, 0.3) is 10.9 Å². The first-order valence-electron chi connectivity index (χ1n) is 9.67. The minimum absolute atomic E-state index is 0.0681. The summed E-state index contributed by atoms with van der Waals surface area (Å²) in [6, 6.07) is 12.2. The number of anilines is 1. The number of aromatic nitrogens is 1. The van der Waals surface area contributed by atoms with Gasteiger partial charge in [-0.15, -0.1) is 0 Å². The summed E-state index contributed by atoms with van der Waals surface area (Å²) >= 11 is 0. The first-order chi connectivity index (χ1) is 13.2. The van der Waals surface area contributed by atoms with E-state index in [1.54, 1.807) is 0 Å². The number of nitriles is 1. The maximum absolute atomic E-state index is 12.7. The molecule has 1 N–H and O–H groups in total. The average Bonchev–Trinajstić information content (AvgIpc) is 2.73. The third-order valence-corrected chi connectivity index (χ3v) is 5.48. The monoisotopic (exact) mass is 364 g/mol. The Balaban J connectivity index is 1.51. The van der Waals surface area contributed by atoms with Gasteiger partial charge in [0.15, 0.2) is 0 Å². The summed E-state index contributed by atoms with van der Waals surface area (Å²) in [7, 11) is 0. The number of carbonyl (C=O) groups excluding carboxylic acids is 1. The molecule has 2 aliphatic rings. The molecule has 0 spiro atoms. The number of rotatable bonds is 3. The van der Waals surface area contributed by atoms with E-state index >= 15 is 0 Å². The van der Waals surface area contributed by atoms with Gasteiger partial charge in [0.1, 0.15) is 11.9 Å². The molecule has 140 valence electrons. The molecule has 1 amide bonds. The van der Waals surface area contributed by atoms with Crippen LogP contribution in [0.5, 0.6) is 0 Å². The average molecular weight is 364 g/mol. The van der Waals surface area contributed by atoms with E-state index in [1.165, 1.54) is 0 Å². The number of ether oxygens (including phenoxy) is 1. The molecule has 6 nitrogen and oxygen atoms in total. The highest BCUT2D eigenvalue weighted by molar-refractivity contribution is 5.84. The van der Waals surface area contributed by atoms with E-state index in [4.69, 9.17) is 9.72 Å². The zero-order valence-corrected chi connectivity index (χ0v) is 15.4. The van der Waals surface area contributed by atoms with Crippen LogP contribution in [-0.4, -0.2) is 43.2 Å². The Kier molecular flexibility index (Phi) is 5.21. The van der Waals surface area contributed by atoms with Crippen LogP contribution in [0.4, 0.5) is 5.82 Å². The summed E-state index contributed by atoms with van der Waals surface area (Å²) in [4.78, 5) is 19.6. The van der Waals surface area contributed by atoms with Crippen LogP contribution in [0.2, 0.25) is 0 Å². The highest BCUT2D eigenvalue weighted by atomic mass is 16.5. The number of nitrogens with zero attached hydrogens (tertiary/aromatic N) is 3. The molecular weight excluding hydrogens is 340 g/mol. The quantitative estimate of drug-likeness (QED) is 0.906. The molecular formula is C21H24N4O2. The van der Waals surface area contributed by atoms with Crippen molar-refractivity contribution in [2.24, 2.45) is 5.92 Å². The van der Waals surface area contributed by atoms with Crippen molar-refractivity contribution in [3.63, 3.8) is 0 Å². The first-order valence-corrected chi connectivity index (χ1v) is 9.67. The maximum Gasteiger partial charge on any atom is 0.225 e. The third kappa shape index (κ3) is 3.88. The van der Waals surface area contributed by atoms with Crippen molar-refractivity contribution in [1.29, 1.82) is 5.26 Å². The zero-order valence-electron chi connectivity index (χ0n) is 15.4. The predicted molar refractivity (Wildman–Crippen MR) is 103 cm³/mol. The zero-order chi connectivity index (χ0) is 18.6. The standard InChI is InChI=1S/C21H24N4O2/c22-13-17-12-15-4-1-2-6-19(15)24-20(17)25-9-3-5-16(14-25)21(26)23-18-7-10-27-11-8-18/h1-2,4,6,12,16,18H,3,5,7-11,14H2,(H,23,26). The van der Waals surface area contributed by atoms with Gasteiger partial charge in [0.2, 0.25) is 5.91 Å². The van der Waals surface area contributed by atoms with Crippen molar-refractivity contribution in [3.05, 3.63) is 35.9 Å². The normalized spacial score (nSPS) is 21.0. The smallest absolute Gasteiger partial charge is 0.225 e. The number of piperidine rings is 1. The Morgan fingerprint density at radius 2 is 2.07 bits per heavy atom. The second kappa shape index (κ2) is 7.93. The van der Waals surface area contributed by atoms with Crippen molar-refractivity contribution in [3.8, 4) is 6.07 Å². The van der Waals surface area contributed by atoms with Gasteiger partial charge in [-0.05, 0) is 37.8 Å². The molecule has 2 aliphatic heterocycles. The molecule has 6 heteroatoms. The molecule has 27 heavy (non-hydrogen) atoms. The molecule has 0 saturated carbocycles. The summed E-state index contributed by atoms with van der Waals surface area (Å²) in [6.07, 6.45) is 3.56. The van der Waals surface area contributed by atoms with E-state index in [0.29, 0.717) is 31.1 Å². The van der Waals surface area contributed by atoms with Gasteiger partial charge in [-0.2, -0.15) is 5.26 Å². The molecule has 0 aliphatic carbocycles. The van der Waals surface area contributed by atoms with Crippen LogP contribution >= 0.6 is 0 Å². The molecule has 2 fully saturated rings. The van der Waals surface area contributed by atoms with Crippen LogP contribution < -0.4 is 10.2 Å². The Bertz CT molecular complexity index is 870. The van der Waals surface area contributed by atoms with Gasteiger partial charge in [0.25, 0.3) is 0 Å². The number of benzene rings is 1. The van der Waals surface area contributed by atoms with Crippen LogP contribution in [-0.2, 0) is 9.53 Å². The predicted octanol–water partition coefficient (Wildman–Crippen LogP) is 2.62. The molecule has 0 bridgehead atoms. The first kappa shape index (κ1) is 17.7. The highest BCUT2D eigenvalue weighted by Crippen LogP contribution is 2.27. The van der Waals surface area contributed by atoms with E-state index in [-0.39, 0.29) is 17.9 Å². The van der Waals surface area contributed by atoms with E-state index in [0.717, 1.165) is 43.1 Å². The van der Waals surface area contributed by atoms with Crippen molar-refractivity contribution >= 4 is 22.6 Å². The molecule has 3 heterocycles. The maximum atomic E-state index is 12.7. The number of pyridine rings is 1. The second-order valence-corrected chi connectivity index (χ2v) is 7.34. The lowest BCUT2D eigenvalue weighted by Crippen LogP contribution is -2.47. The molecule has 1 unspecified atom stereocenters. The summed E-state index contributed by atoms with van der Waals surface area (Å²) in [5.74, 6) is 0.743. The van der Waals surface area contributed by atoms with Gasteiger partial charge in [-0.3, -0.25) is 4.79 Å². The third-order valence-electron chi connectivity index (χ3n) is 5.48. The Morgan fingerprint density at radius 1 is 1.26 bits per heavy atom. The van der Waals surface area contributed by atoms with Crippen molar-refractivity contribution < 1.29 is 9.53 Å². The number of para-hydroxylation sites is 1. The number of hydrogen-bond donors (Lipinski definition) is 1. The topological polar surface area (TPSA) is 78.2 Å². The molecule has 1 aromatic heterocycles. The number of hydrogen-bond acceptors (Lipinski definition) is 5. The fraction of sp³-hybridized carbons (Fsp3) is 0.476. The van der Waals surface area contributed by atoms with Crippen LogP contribution in [0.3, 0.4) is 0 Å². The van der Waals surface area contributed by atoms with Crippen LogP contribution in [0.1, 0.15) is 31.2 Å². The molecule has 1 aromatic carbocycles. The van der Waals surface area contributed by atoms with Crippen molar-refractivity contribution in [2.75, 3.05) is 31.2 Å². The number of amides is 1. The van der Waals surface area contributed by atoms with Crippen molar-refractivity contribution in [1.82, 2.24) is 10.3 Å². The van der Waals surface area contributed by atoms with Gasteiger partial charge in [-0.25, -0.2) is 4.98 Å². The van der Waals surface area contributed by atoms with E-state index < -0.39 is 0 Å². The SMILES string of the molecule is N#Cc1cc2ccccc2nc1N1CCCC(C(=O)NC2CCOCC2)C1. The van der Waals surface area contributed by atoms with E-state index in [1.807, 2.05) is 30.3 Å². The number of nitrogens with one attached hydrogen (secondary N) is 1. The van der Waals surface area contributed by atoms with Crippen molar-refractivity contribution in [2.45, 2.75) is 31.7 Å². The van der Waals surface area contributed by atoms with Gasteiger partial charge >= 0.3 is 0 Å². The van der Waals surface area contributed by atoms with Gasteiger partial charge < -0.3 is 15.0 Å². The van der Waals surface area contributed by atoms with Gasteiger partial charge in [-0.1, -0.05) is 18.2 Å². The highest BCUT2D eigenvalue weighted by Gasteiger charge is 2.29. The minimum atomic E-state index is -0.0681. The molecule has 4 rings (SSSR count). The van der Waals surface area contributed by atoms with Crippen LogP contribution in [0, 0.1) is 17.2 Å². The molecule has 0 radical (unpaired) electrons. The number of carbonyl (C=O) groups is 1. The summed E-state index contributed by atoms with van der Waals surface area (Å²) in [5.41, 5.74) is 1.44. The summed E-state index contributed by atoms with van der Waals surface area (Å²) in [6.45, 7) is 2.86. The second-order valence-electron chi connectivity index (χ2n) is 7.34. The fourth-order valence-corrected chi connectivity index (χ4v) is 3.97. The fourth-order valence-electron chi connectivity index (χ4n) is 3.97. The Morgan fingerprint density at radius 3 is 2.89 bits per heavy atom. The molecule has 1 atom stereocenters. The lowest BCUT2D eigenvalue weighted by Gasteiger charge is -2.34. The van der Waals surface area contributed by atoms with Crippen LogP contribution in [0.15, 0.2) is 30.3 Å². The number of fused-ring (bicyclic) bond motifs is 1.